The number of carbonyl (C=O) groups is 1. The molecule has 4 nitrogen and oxygen atoms in total. The lowest BCUT2D eigenvalue weighted by Gasteiger charge is -2.33. The summed E-state index contributed by atoms with van der Waals surface area (Å²) in [7, 11) is 0. The Labute approximate surface area is 130 Å². The van der Waals surface area contributed by atoms with Crippen molar-refractivity contribution >= 4 is 5.91 Å². The van der Waals surface area contributed by atoms with E-state index in [1.54, 1.807) is 0 Å². The van der Waals surface area contributed by atoms with Crippen LogP contribution >= 0.6 is 0 Å². The fraction of sp³-hybridized carbons (Fsp3) is 0.941. The molecular weight excluding hydrogens is 262 g/mol. The van der Waals surface area contributed by atoms with Crippen LogP contribution in [-0.4, -0.2) is 49.6 Å². The van der Waals surface area contributed by atoms with Crippen LogP contribution in [0.3, 0.4) is 0 Å². The number of rotatable bonds is 7. The van der Waals surface area contributed by atoms with Gasteiger partial charge < -0.3 is 15.5 Å². The fourth-order valence-electron chi connectivity index (χ4n) is 3.59. The number of carbonyl (C=O) groups excluding carboxylic acids is 1. The Balaban J connectivity index is 1.48. The Morgan fingerprint density at radius 1 is 1.24 bits per heavy atom. The van der Waals surface area contributed by atoms with Crippen molar-refractivity contribution in [2.24, 2.45) is 5.92 Å². The van der Waals surface area contributed by atoms with Crippen molar-refractivity contribution < 1.29 is 4.79 Å². The zero-order valence-corrected chi connectivity index (χ0v) is 13.7. The molecule has 0 aromatic heterocycles. The Morgan fingerprint density at radius 3 is 2.81 bits per heavy atom. The van der Waals surface area contributed by atoms with E-state index in [-0.39, 0.29) is 5.91 Å². The molecule has 0 saturated carbocycles. The molecule has 0 spiro atoms. The van der Waals surface area contributed by atoms with Crippen LogP contribution < -0.4 is 10.6 Å². The molecule has 0 bridgehead atoms. The predicted molar refractivity (Wildman–Crippen MR) is 87.3 cm³/mol. The highest BCUT2D eigenvalue weighted by molar-refractivity contribution is 5.75. The van der Waals surface area contributed by atoms with Crippen LogP contribution in [0.5, 0.6) is 0 Å². The SMILES string of the molecule is CC1CCCCN1CCCNC(=O)CCC1CCNCC1. The lowest BCUT2D eigenvalue weighted by molar-refractivity contribution is -0.121. The first kappa shape index (κ1) is 16.8. The second-order valence-corrected chi connectivity index (χ2v) is 6.82. The third-order valence-corrected chi connectivity index (χ3v) is 5.12. The van der Waals surface area contributed by atoms with Gasteiger partial charge in [-0.1, -0.05) is 6.42 Å². The summed E-state index contributed by atoms with van der Waals surface area (Å²) in [6.45, 7) is 7.80. The minimum atomic E-state index is 0.250. The second-order valence-electron chi connectivity index (χ2n) is 6.82. The molecule has 1 atom stereocenters. The third-order valence-electron chi connectivity index (χ3n) is 5.12. The zero-order valence-electron chi connectivity index (χ0n) is 13.7. The molecule has 0 aromatic carbocycles. The topological polar surface area (TPSA) is 44.4 Å². The van der Waals surface area contributed by atoms with Crippen molar-refractivity contribution in [1.29, 1.82) is 0 Å². The Morgan fingerprint density at radius 2 is 2.05 bits per heavy atom. The molecule has 2 aliphatic rings. The Kier molecular flexibility index (Phi) is 7.51. The Hall–Kier alpha value is -0.610. The maximum Gasteiger partial charge on any atom is 0.220 e. The van der Waals surface area contributed by atoms with E-state index in [9.17, 15) is 4.79 Å². The summed E-state index contributed by atoms with van der Waals surface area (Å²) < 4.78 is 0. The van der Waals surface area contributed by atoms with E-state index in [1.165, 1.54) is 38.6 Å². The van der Waals surface area contributed by atoms with Gasteiger partial charge in [0.05, 0.1) is 0 Å². The van der Waals surface area contributed by atoms with Gasteiger partial charge in [-0.3, -0.25) is 4.79 Å². The van der Waals surface area contributed by atoms with Crippen LogP contribution in [0.25, 0.3) is 0 Å². The van der Waals surface area contributed by atoms with Crippen molar-refractivity contribution in [1.82, 2.24) is 15.5 Å². The highest BCUT2D eigenvalue weighted by Gasteiger charge is 2.17. The Bertz CT molecular complexity index is 302. The van der Waals surface area contributed by atoms with Gasteiger partial charge in [-0.2, -0.15) is 0 Å². The maximum absolute atomic E-state index is 11.9. The highest BCUT2D eigenvalue weighted by Crippen LogP contribution is 2.18. The molecule has 2 fully saturated rings. The quantitative estimate of drug-likeness (QED) is 0.707. The zero-order chi connectivity index (χ0) is 14.9. The van der Waals surface area contributed by atoms with Gasteiger partial charge in [0.15, 0.2) is 0 Å². The molecule has 2 heterocycles. The second kappa shape index (κ2) is 9.42. The van der Waals surface area contributed by atoms with E-state index in [0.29, 0.717) is 6.42 Å². The van der Waals surface area contributed by atoms with Crippen molar-refractivity contribution in [2.45, 2.75) is 64.3 Å². The van der Waals surface area contributed by atoms with E-state index in [4.69, 9.17) is 0 Å². The van der Waals surface area contributed by atoms with Gasteiger partial charge in [-0.15, -0.1) is 0 Å². The third kappa shape index (κ3) is 6.35. The first-order chi connectivity index (χ1) is 10.3. The van der Waals surface area contributed by atoms with Gasteiger partial charge in [0.25, 0.3) is 0 Å². The molecule has 2 rings (SSSR count). The number of nitrogens with one attached hydrogen (secondary N) is 2. The minimum Gasteiger partial charge on any atom is -0.356 e. The fourth-order valence-corrected chi connectivity index (χ4v) is 3.59. The van der Waals surface area contributed by atoms with Crippen LogP contribution in [0.2, 0.25) is 0 Å². The lowest BCUT2D eigenvalue weighted by atomic mass is 9.93. The van der Waals surface area contributed by atoms with Crippen LogP contribution in [0.4, 0.5) is 0 Å². The first-order valence-electron chi connectivity index (χ1n) is 8.97. The summed E-state index contributed by atoms with van der Waals surface area (Å²) in [5, 5.41) is 6.47. The average molecular weight is 295 g/mol. The van der Waals surface area contributed by atoms with E-state index in [0.717, 1.165) is 51.0 Å². The van der Waals surface area contributed by atoms with Gasteiger partial charge in [-0.05, 0) is 71.0 Å². The molecule has 4 heteroatoms. The molecular formula is C17H33N3O. The summed E-state index contributed by atoms with van der Waals surface area (Å²) in [5.74, 6) is 1.01. The maximum atomic E-state index is 11.9. The van der Waals surface area contributed by atoms with E-state index in [2.05, 4.69) is 22.5 Å². The molecule has 1 amide bonds. The van der Waals surface area contributed by atoms with E-state index < -0.39 is 0 Å². The largest absolute Gasteiger partial charge is 0.356 e. The lowest BCUT2D eigenvalue weighted by Crippen LogP contribution is -2.39. The van der Waals surface area contributed by atoms with Crippen molar-refractivity contribution in [3.8, 4) is 0 Å². The summed E-state index contributed by atoms with van der Waals surface area (Å²) >= 11 is 0. The van der Waals surface area contributed by atoms with E-state index >= 15 is 0 Å². The van der Waals surface area contributed by atoms with Crippen LogP contribution in [0.1, 0.15) is 58.3 Å². The van der Waals surface area contributed by atoms with Gasteiger partial charge >= 0.3 is 0 Å². The van der Waals surface area contributed by atoms with Crippen molar-refractivity contribution in [3.63, 3.8) is 0 Å². The molecule has 1 unspecified atom stereocenters. The standard InChI is InChI=1S/C17H33N3O/c1-15-5-2-3-13-20(15)14-4-10-19-17(21)7-6-16-8-11-18-12-9-16/h15-16,18H,2-14H2,1H3,(H,19,21). The van der Waals surface area contributed by atoms with Gasteiger partial charge in [0, 0.05) is 25.6 Å². The van der Waals surface area contributed by atoms with Crippen LogP contribution in [0.15, 0.2) is 0 Å². The van der Waals surface area contributed by atoms with Gasteiger partial charge in [-0.25, -0.2) is 0 Å². The van der Waals surface area contributed by atoms with Gasteiger partial charge in [0.1, 0.15) is 0 Å². The number of hydrogen-bond acceptors (Lipinski definition) is 3. The minimum absolute atomic E-state index is 0.250. The summed E-state index contributed by atoms with van der Waals surface area (Å²) in [6.07, 6.45) is 9.39. The average Bonchev–Trinajstić information content (AvgIpc) is 2.52. The first-order valence-corrected chi connectivity index (χ1v) is 8.97. The number of hydrogen-bond donors (Lipinski definition) is 2. The summed E-state index contributed by atoms with van der Waals surface area (Å²) in [6, 6.07) is 0.731. The molecule has 0 radical (unpaired) electrons. The van der Waals surface area contributed by atoms with Crippen molar-refractivity contribution in [2.75, 3.05) is 32.7 Å². The molecule has 122 valence electrons. The number of piperidine rings is 2. The molecule has 0 aromatic rings. The summed E-state index contributed by atoms with van der Waals surface area (Å²) in [5.41, 5.74) is 0. The molecule has 2 saturated heterocycles. The summed E-state index contributed by atoms with van der Waals surface area (Å²) in [4.78, 5) is 14.4. The monoisotopic (exact) mass is 295 g/mol. The smallest absolute Gasteiger partial charge is 0.220 e. The van der Waals surface area contributed by atoms with Crippen LogP contribution in [-0.2, 0) is 4.79 Å². The molecule has 2 aliphatic heterocycles. The molecule has 0 aliphatic carbocycles. The van der Waals surface area contributed by atoms with Crippen molar-refractivity contribution in [3.05, 3.63) is 0 Å². The normalized spacial score (nSPS) is 24.9. The molecule has 2 N–H and O–H groups in total. The molecule has 21 heavy (non-hydrogen) atoms. The predicted octanol–water partition coefficient (Wildman–Crippen LogP) is 2.15. The highest BCUT2D eigenvalue weighted by atomic mass is 16.1. The van der Waals surface area contributed by atoms with Crippen LogP contribution in [0, 0.1) is 5.92 Å². The number of nitrogens with zero attached hydrogens (tertiary/aromatic N) is 1. The van der Waals surface area contributed by atoms with E-state index in [1.807, 2.05) is 0 Å². The van der Waals surface area contributed by atoms with Gasteiger partial charge in [0.2, 0.25) is 5.91 Å². The number of likely N-dealkylation sites (tertiary alicyclic amines) is 1. The number of amides is 1.